The Hall–Kier alpha value is -5.16. The van der Waals surface area contributed by atoms with Crippen LogP contribution >= 0.6 is 0 Å². The van der Waals surface area contributed by atoms with Crippen LogP contribution in [0.15, 0.2) is 99.8 Å². The van der Waals surface area contributed by atoms with Gasteiger partial charge in [0.1, 0.15) is 11.2 Å². The fourth-order valence-electron chi connectivity index (χ4n) is 4.71. The Bertz CT molecular complexity index is 2090. The van der Waals surface area contributed by atoms with Crippen LogP contribution in [0, 0.1) is 6.92 Å². The predicted molar refractivity (Wildman–Crippen MR) is 154 cm³/mol. The first kappa shape index (κ1) is 26.1. The molecule has 11 heteroatoms. The van der Waals surface area contributed by atoms with Gasteiger partial charge in [0.05, 0.1) is 23.9 Å². The van der Waals surface area contributed by atoms with Gasteiger partial charge in [-0.3, -0.25) is 9.78 Å². The highest BCUT2D eigenvalue weighted by Gasteiger charge is 2.22. The molecule has 0 spiro atoms. The van der Waals surface area contributed by atoms with Gasteiger partial charge in [0.2, 0.25) is 5.88 Å². The lowest BCUT2D eigenvalue weighted by molar-refractivity contribution is 0.398. The van der Waals surface area contributed by atoms with Gasteiger partial charge >= 0.3 is 0 Å². The molecule has 4 heterocycles. The van der Waals surface area contributed by atoms with E-state index in [0.717, 1.165) is 22.1 Å². The molecule has 0 atom stereocenters. The highest BCUT2D eigenvalue weighted by molar-refractivity contribution is 7.90. The average molecular weight is 566 g/mol. The maximum atomic E-state index is 13.8. The van der Waals surface area contributed by atoms with Crippen LogP contribution in [0.4, 0.5) is 0 Å². The smallest absolute Gasteiger partial charge is 0.298 e. The zero-order valence-corrected chi connectivity index (χ0v) is 23.1. The minimum absolute atomic E-state index is 0.0508. The van der Waals surface area contributed by atoms with E-state index >= 15 is 0 Å². The molecule has 0 unspecified atom stereocenters. The van der Waals surface area contributed by atoms with Gasteiger partial charge in [-0.25, -0.2) is 18.4 Å². The third kappa shape index (κ3) is 4.87. The van der Waals surface area contributed by atoms with Gasteiger partial charge in [-0.1, -0.05) is 6.07 Å². The van der Waals surface area contributed by atoms with Crippen molar-refractivity contribution in [2.75, 3.05) is 13.4 Å². The van der Waals surface area contributed by atoms with Crippen molar-refractivity contribution in [2.45, 2.75) is 11.8 Å². The van der Waals surface area contributed by atoms with E-state index in [-0.39, 0.29) is 16.1 Å². The minimum Gasteiger partial charge on any atom is -0.481 e. The van der Waals surface area contributed by atoms with Gasteiger partial charge in [-0.15, -0.1) is 0 Å². The van der Waals surface area contributed by atoms with Gasteiger partial charge in [-0.2, -0.15) is 9.78 Å². The number of benzene rings is 2. The van der Waals surface area contributed by atoms with Crippen LogP contribution < -0.4 is 10.3 Å². The largest absolute Gasteiger partial charge is 0.481 e. The molecule has 6 rings (SSSR count). The molecule has 0 radical (unpaired) electrons. The quantitative estimate of drug-likeness (QED) is 0.277. The van der Waals surface area contributed by atoms with Crippen molar-refractivity contribution in [2.24, 2.45) is 0 Å². The third-order valence-electron chi connectivity index (χ3n) is 6.59. The molecular weight excluding hydrogens is 542 g/mol. The van der Waals surface area contributed by atoms with Crippen molar-refractivity contribution in [1.29, 1.82) is 0 Å². The third-order valence-corrected chi connectivity index (χ3v) is 7.73. The number of pyridine rings is 2. The van der Waals surface area contributed by atoms with E-state index in [0.29, 0.717) is 39.4 Å². The number of methoxy groups -OCH3 is 1. The first-order valence-corrected chi connectivity index (χ1v) is 14.4. The normalized spacial score (nSPS) is 11.6. The molecule has 6 aromatic rings. The molecular formula is C30H23N5O5S. The van der Waals surface area contributed by atoms with Gasteiger partial charge in [0, 0.05) is 46.8 Å². The highest BCUT2D eigenvalue weighted by atomic mass is 32.2. The lowest BCUT2D eigenvalue weighted by Crippen LogP contribution is -2.24. The Morgan fingerprint density at radius 3 is 2.41 bits per heavy atom. The molecule has 0 aliphatic heterocycles. The van der Waals surface area contributed by atoms with Crippen molar-refractivity contribution in [1.82, 2.24) is 24.7 Å². The number of fused-ring (bicyclic) bond motifs is 1. The van der Waals surface area contributed by atoms with E-state index in [1.165, 1.54) is 25.8 Å². The van der Waals surface area contributed by atoms with Crippen LogP contribution in [0.1, 0.15) is 5.56 Å². The highest BCUT2D eigenvalue weighted by Crippen LogP contribution is 2.32. The van der Waals surface area contributed by atoms with Crippen LogP contribution in [0.5, 0.6) is 5.88 Å². The van der Waals surface area contributed by atoms with Crippen molar-refractivity contribution >= 4 is 20.7 Å². The number of nitrogens with zero attached hydrogens (tertiary/aromatic N) is 5. The maximum absolute atomic E-state index is 13.8. The van der Waals surface area contributed by atoms with E-state index < -0.39 is 15.4 Å². The predicted octanol–water partition coefficient (Wildman–Crippen LogP) is 4.89. The van der Waals surface area contributed by atoms with Gasteiger partial charge in [0.15, 0.2) is 22.0 Å². The summed E-state index contributed by atoms with van der Waals surface area (Å²) in [6.45, 7) is 1.94. The summed E-state index contributed by atoms with van der Waals surface area (Å²) in [5.74, 6) is 1.01. The summed E-state index contributed by atoms with van der Waals surface area (Å²) in [6, 6.07) is 17.5. The van der Waals surface area contributed by atoms with Crippen LogP contribution in [-0.4, -0.2) is 46.5 Å². The van der Waals surface area contributed by atoms with Gasteiger partial charge < -0.3 is 9.15 Å². The molecule has 0 amide bonds. The van der Waals surface area contributed by atoms with Crippen LogP contribution in [-0.2, 0) is 9.84 Å². The van der Waals surface area contributed by atoms with Crippen LogP contribution in [0.2, 0.25) is 0 Å². The number of hydrogen-bond donors (Lipinski definition) is 0. The zero-order valence-electron chi connectivity index (χ0n) is 22.3. The lowest BCUT2D eigenvalue weighted by Gasteiger charge is -2.15. The minimum atomic E-state index is -3.76. The number of rotatable bonds is 6. The molecule has 0 aliphatic rings. The molecule has 10 nitrogen and oxygen atoms in total. The SMILES string of the molecule is COc1ccc(-c2ccc(S(C)(=O)=O)c(-n3nc(-c4cc(C)cc(-c5cnco5)c4)c4cccnc4c3=O)c2)cn1. The summed E-state index contributed by atoms with van der Waals surface area (Å²) >= 11 is 0. The maximum Gasteiger partial charge on any atom is 0.298 e. The molecule has 0 bridgehead atoms. The molecule has 0 N–H and O–H groups in total. The van der Waals surface area contributed by atoms with Crippen molar-refractivity contribution < 1.29 is 17.6 Å². The monoisotopic (exact) mass is 565 g/mol. The van der Waals surface area contributed by atoms with Crippen molar-refractivity contribution in [3.63, 3.8) is 0 Å². The Labute approximate surface area is 234 Å². The first-order chi connectivity index (χ1) is 19.7. The molecule has 2 aromatic carbocycles. The number of hydrogen-bond acceptors (Lipinski definition) is 9. The number of aryl methyl sites for hydroxylation is 1. The second-order valence-electron chi connectivity index (χ2n) is 9.46. The average Bonchev–Trinajstić information content (AvgIpc) is 3.52. The van der Waals surface area contributed by atoms with E-state index in [1.54, 1.807) is 48.8 Å². The number of oxazole rings is 1. The van der Waals surface area contributed by atoms with Crippen LogP contribution in [0.3, 0.4) is 0 Å². The lowest BCUT2D eigenvalue weighted by atomic mass is 10.0. The molecule has 0 fully saturated rings. The molecule has 204 valence electrons. The number of ether oxygens (including phenoxy) is 1. The second-order valence-corrected chi connectivity index (χ2v) is 11.4. The zero-order chi connectivity index (χ0) is 28.7. The first-order valence-electron chi connectivity index (χ1n) is 12.5. The summed E-state index contributed by atoms with van der Waals surface area (Å²) in [5, 5.41) is 5.29. The van der Waals surface area contributed by atoms with Crippen LogP contribution in [0.25, 0.3) is 50.3 Å². The summed E-state index contributed by atoms with van der Waals surface area (Å²) in [6.07, 6.45) is 7.19. The van der Waals surface area contributed by atoms with Crippen molar-refractivity contribution in [3.05, 3.63) is 102 Å². The van der Waals surface area contributed by atoms with Crippen molar-refractivity contribution in [3.8, 4) is 45.3 Å². The Kier molecular flexibility index (Phi) is 6.43. The van der Waals surface area contributed by atoms with E-state index in [4.69, 9.17) is 14.3 Å². The summed E-state index contributed by atoms with van der Waals surface area (Å²) in [5.41, 5.74) is 3.89. The number of sulfone groups is 1. The molecule has 0 aliphatic carbocycles. The van der Waals surface area contributed by atoms with E-state index in [1.807, 2.05) is 25.1 Å². The molecule has 0 saturated heterocycles. The standard InChI is InChI=1S/C30H23N5O5S/c1-18-11-21(25-16-31-17-40-25)13-22(12-18)28-23-5-4-10-32-29(23)30(36)35(34-28)24-14-19(6-8-26(24)41(3,37)38)20-7-9-27(39-2)33-15-20/h4-17H,1-3H3. The summed E-state index contributed by atoms with van der Waals surface area (Å²) in [4.78, 5) is 26.4. The number of aromatic nitrogens is 5. The Morgan fingerprint density at radius 1 is 0.902 bits per heavy atom. The molecule has 4 aromatic heterocycles. The Balaban J connectivity index is 1.64. The second kappa shape index (κ2) is 10.1. The fourth-order valence-corrected chi connectivity index (χ4v) is 5.55. The molecule has 41 heavy (non-hydrogen) atoms. The summed E-state index contributed by atoms with van der Waals surface area (Å²) < 4.78 is 37.6. The van der Waals surface area contributed by atoms with Gasteiger partial charge in [-0.05, 0) is 66.6 Å². The Morgan fingerprint density at radius 2 is 1.71 bits per heavy atom. The topological polar surface area (TPSA) is 130 Å². The van der Waals surface area contributed by atoms with E-state index in [9.17, 15) is 13.2 Å². The van der Waals surface area contributed by atoms with E-state index in [2.05, 4.69) is 15.0 Å². The molecule has 0 saturated carbocycles. The summed E-state index contributed by atoms with van der Waals surface area (Å²) in [7, 11) is -2.24. The fraction of sp³-hybridized carbons (Fsp3) is 0.100. The van der Waals surface area contributed by atoms with Gasteiger partial charge in [0.25, 0.3) is 5.56 Å².